The molecule has 1 fully saturated rings. The molecule has 0 bridgehead atoms. The van der Waals surface area contributed by atoms with Gasteiger partial charge in [-0.15, -0.1) is 0 Å². The maximum atomic E-state index is 12.5. The number of imidazole rings is 1. The number of carbonyl (C=O) groups excluding carboxylic acids is 1. The van der Waals surface area contributed by atoms with Crippen LogP contribution in [0, 0.1) is 11.8 Å². The number of anilines is 1. The molecule has 3 rings (SSSR count). The van der Waals surface area contributed by atoms with E-state index in [1.54, 1.807) is 0 Å². The molecule has 1 amide bonds. The highest BCUT2D eigenvalue weighted by molar-refractivity contribution is 5.80. The molecule has 148 valence electrons. The molecule has 1 aromatic carbocycles. The minimum absolute atomic E-state index is 0.106. The van der Waals surface area contributed by atoms with Crippen molar-refractivity contribution >= 4 is 22.9 Å². The Morgan fingerprint density at radius 1 is 1.22 bits per heavy atom. The molecule has 1 N–H and O–H groups in total. The zero-order valence-electron chi connectivity index (χ0n) is 17.5. The van der Waals surface area contributed by atoms with Gasteiger partial charge in [-0.1, -0.05) is 26.0 Å². The Bertz CT molecular complexity index is 779. The Kier molecular flexibility index (Phi) is 5.78. The van der Waals surface area contributed by atoms with E-state index in [0.29, 0.717) is 5.92 Å². The van der Waals surface area contributed by atoms with Crippen LogP contribution in [-0.2, 0) is 11.3 Å². The number of aryl methyl sites for hydroxylation is 1. The first kappa shape index (κ1) is 19.7. The van der Waals surface area contributed by atoms with Crippen molar-refractivity contribution in [2.24, 2.45) is 11.8 Å². The van der Waals surface area contributed by atoms with Gasteiger partial charge in [-0.2, -0.15) is 0 Å². The van der Waals surface area contributed by atoms with E-state index in [-0.39, 0.29) is 17.4 Å². The zero-order chi connectivity index (χ0) is 19.6. The van der Waals surface area contributed by atoms with E-state index in [1.165, 1.54) is 5.52 Å². The molecule has 0 spiro atoms. The first-order chi connectivity index (χ1) is 12.7. The molecule has 5 nitrogen and oxygen atoms in total. The van der Waals surface area contributed by atoms with Crippen molar-refractivity contribution < 1.29 is 4.79 Å². The summed E-state index contributed by atoms with van der Waals surface area (Å²) in [6.45, 7) is 13.4. The summed E-state index contributed by atoms with van der Waals surface area (Å²) in [4.78, 5) is 19.8. The molecule has 0 radical (unpaired) electrons. The number of nitrogens with zero attached hydrogens (tertiary/aromatic N) is 3. The molecule has 1 aliphatic heterocycles. The summed E-state index contributed by atoms with van der Waals surface area (Å²) >= 11 is 0. The van der Waals surface area contributed by atoms with Crippen molar-refractivity contribution in [1.29, 1.82) is 0 Å². The Morgan fingerprint density at radius 2 is 1.89 bits per heavy atom. The molecule has 27 heavy (non-hydrogen) atoms. The van der Waals surface area contributed by atoms with Crippen LogP contribution in [0.1, 0.15) is 53.9 Å². The van der Waals surface area contributed by atoms with Gasteiger partial charge in [-0.3, -0.25) is 4.79 Å². The van der Waals surface area contributed by atoms with E-state index in [0.717, 1.165) is 50.4 Å². The maximum absolute atomic E-state index is 12.5. The van der Waals surface area contributed by atoms with Crippen LogP contribution in [0.5, 0.6) is 0 Å². The molecule has 5 heteroatoms. The third-order valence-corrected chi connectivity index (χ3v) is 5.21. The lowest BCUT2D eigenvalue weighted by Crippen LogP contribution is -2.47. The van der Waals surface area contributed by atoms with Gasteiger partial charge in [0.2, 0.25) is 11.9 Å². The topological polar surface area (TPSA) is 50.2 Å². The predicted molar refractivity (Wildman–Crippen MR) is 112 cm³/mol. The smallest absolute Gasteiger partial charge is 0.223 e. The number of piperidine rings is 1. The van der Waals surface area contributed by atoms with E-state index in [1.807, 2.05) is 20.8 Å². The molecular formula is C22H34N4O. The van der Waals surface area contributed by atoms with Crippen LogP contribution < -0.4 is 10.2 Å². The molecule has 0 aliphatic carbocycles. The molecule has 0 saturated carbocycles. The highest BCUT2D eigenvalue weighted by Gasteiger charge is 2.29. The second-order valence-corrected chi connectivity index (χ2v) is 9.24. The lowest BCUT2D eigenvalue weighted by Gasteiger charge is -2.34. The lowest BCUT2D eigenvalue weighted by molar-refractivity contribution is -0.127. The summed E-state index contributed by atoms with van der Waals surface area (Å²) in [5, 5.41) is 3.13. The summed E-state index contributed by atoms with van der Waals surface area (Å²) in [6.07, 6.45) is 2.91. The fourth-order valence-electron chi connectivity index (χ4n) is 3.73. The Hall–Kier alpha value is -2.04. The lowest BCUT2D eigenvalue weighted by atomic mass is 9.94. The fraction of sp³-hybridized carbons (Fsp3) is 0.636. The monoisotopic (exact) mass is 370 g/mol. The summed E-state index contributed by atoms with van der Waals surface area (Å²) in [5.41, 5.74) is 2.10. The van der Waals surface area contributed by atoms with Gasteiger partial charge in [0.25, 0.3) is 0 Å². The van der Waals surface area contributed by atoms with Gasteiger partial charge in [0.05, 0.1) is 11.0 Å². The van der Waals surface area contributed by atoms with Crippen LogP contribution in [0.4, 0.5) is 5.95 Å². The minimum Gasteiger partial charge on any atom is -0.351 e. The van der Waals surface area contributed by atoms with Gasteiger partial charge >= 0.3 is 0 Å². The highest BCUT2D eigenvalue weighted by Crippen LogP contribution is 2.28. The van der Waals surface area contributed by atoms with Crippen molar-refractivity contribution in [2.75, 3.05) is 18.0 Å². The number of benzene rings is 1. The summed E-state index contributed by atoms with van der Waals surface area (Å²) < 4.78 is 2.37. The third kappa shape index (κ3) is 4.82. The average Bonchev–Trinajstić information content (AvgIpc) is 2.97. The van der Waals surface area contributed by atoms with Gasteiger partial charge < -0.3 is 14.8 Å². The van der Waals surface area contributed by atoms with Crippen LogP contribution in [-0.4, -0.2) is 34.1 Å². The number of rotatable bonds is 5. The minimum atomic E-state index is -0.168. The van der Waals surface area contributed by atoms with Crippen LogP contribution in [0.15, 0.2) is 24.3 Å². The summed E-state index contributed by atoms with van der Waals surface area (Å²) in [7, 11) is 0. The number of fused-ring (bicyclic) bond motifs is 1. The van der Waals surface area contributed by atoms with Crippen molar-refractivity contribution in [1.82, 2.24) is 14.9 Å². The second kappa shape index (κ2) is 7.91. The Labute approximate surface area is 163 Å². The van der Waals surface area contributed by atoms with Gasteiger partial charge in [-0.05, 0) is 58.1 Å². The molecule has 2 heterocycles. The molecule has 0 unspecified atom stereocenters. The first-order valence-electron chi connectivity index (χ1n) is 10.3. The van der Waals surface area contributed by atoms with Crippen molar-refractivity contribution in [3.8, 4) is 0 Å². The third-order valence-electron chi connectivity index (χ3n) is 5.21. The van der Waals surface area contributed by atoms with Crippen LogP contribution >= 0.6 is 0 Å². The van der Waals surface area contributed by atoms with Gasteiger partial charge in [0.1, 0.15) is 0 Å². The molecule has 1 aromatic heterocycles. The SMILES string of the molecule is CC(C)CCn1c(N2CCC(C(=O)NC(C)(C)C)CC2)nc2ccccc21. The molecule has 1 aliphatic rings. The largest absolute Gasteiger partial charge is 0.351 e. The Balaban J connectivity index is 1.75. The number of hydrogen-bond donors (Lipinski definition) is 1. The first-order valence-corrected chi connectivity index (χ1v) is 10.3. The number of amides is 1. The number of aromatic nitrogens is 2. The van der Waals surface area contributed by atoms with E-state index in [2.05, 4.69) is 52.9 Å². The zero-order valence-corrected chi connectivity index (χ0v) is 17.5. The maximum Gasteiger partial charge on any atom is 0.223 e. The van der Waals surface area contributed by atoms with Gasteiger partial charge in [0.15, 0.2) is 0 Å². The highest BCUT2D eigenvalue weighted by atomic mass is 16.2. The van der Waals surface area contributed by atoms with Crippen molar-refractivity contribution in [3.05, 3.63) is 24.3 Å². The predicted octanol–water partition coefficient (Wildman–Crippen LogP) is 4.21. The standard InChI is InChI=1S/C22H34N4O/c1-16(2)10-15-26-19-9-7-6-8-18(19)23-21(26)25-13-11-17(12-14-25)20(27)24-22(3,4)5/h6-9,16-17H,10-15H2,1-5H3,(H,24,27). The molecule has 1 saturated heterocycles. The Morgan fingerprint density at radius 3 is 2.52 bits per heavy atom. The molecule has 2 aromatic rings. The summed E-state index contributed by atoms with van der Waals surface area (Å²) in [6, 6.07) is 8.39. The molecule has 0 atom stereocenters. The number of para-hydroxylation sites is 2. The van der Waals surface area contributed by atoms with E-state index < -0.39 is 0 Å². The van der Waals surface area contributed by atoms with Crippen molar-refractivity contribution in [3.63, 3.8) is 0 Å². The number of nitrogens with one attached hydrogen (secondary N) is 1. The second-order valence-electron chi connectivity index (χ2n) is 9.24. The molecular weight excluding hydrogens is 336 g/mol. The number of carbonyl (C=O) groups is 1. The fourth-order valence-corrected chi connectivity index (χ4v) is 3.73. The van der Waals surface area contributed by atoms with E-state index >= 15 is 0 Å². The van der Waals surface area contributed by atoms with Crippen LogP contribution in [0.25, 0.3) is 11.0 Å². The average molecular weight is 371 g/mol. The van der Waals surface area contributed by atoms with Crippen LogP contribution in [0.3, 0.4) is 0 Å². The van der Waals surface area contributed by atoms with E-state index in [9.17, 15) is 4.79 Å². The van der Waals surface area contributed by atoms with Crippen molar-refractivity contribution in [2.45, 2.75) is 66.0 Å². The van der Waals surface area contributed by atoms with Gasteiger partial charge in [-0.25, -0.2) is 4.98 Å². The van der Waals surface area contributed by atoms with Gasteiger partial charge in [0, 0.05) is 31.1 Å². The van der Waals surface area contributed by atoms with E-state index in [4.69, 9.17) is 4.98 Å². The quantitative estimate of drug-likeness (QED) is 0.857. The summed E-state index contributed by atoms with van der Waals surface area (Å²) in [5.74, 6) is 2.02. The number of hydrogen-bond acceptors (Lipinski definition) is 3. The van der Waals surface area contributed by atoms with Crippen LogP contribution in [0.2, 0.25) is 0 Å². The normalized spacial score (nSPS) is 16.3.